The third-order valence-electron chi connectivity index (χ3n) is 0. The molecule has 0 heterocycles. The Morgan fingerprint density at radius 2 is 0.714 bits per heavy atom. The van der Waals surface area contributed by atoms with Crippen molar-refractivity contribution in [1.82, 2.24) is 0 Å². The maximum atomic E-state index is 2.30. The molecule has 0 aromatic carbocycles. The summed E-state index contributed by atoms with van der Waals surface area (Å²) in [4.78, 5) is 4.59. The summed E-state index contributed by atoms with van der Waals surface area (Å²) in [7, 11) is 0. The van der Waals surface area contributed by atoms with E-state index in [4.69, 9.17) is 0 Å². The van der Waals surface area contributed by atoms with Crippen molar-refractivity contribution >= 4 is 21.1 Å². The van der Waals surface area contributed by atoms with Crippen LogP contribution in [0.1, 0.15) is 0 Å². The molecule has 0 saturated carbocycles. The summed E-state index contributed by atoms with van der Waals surface area (Å²) in [6, 6.07) is 0. The van der Waals surface area contributed by atoms with Crippen molar-refractivity contribution in [3.8, 4) is 0 Å². The van der Waals surface area contributed by atoms with Gasteiger partial charge in [0, 0.05) is 0 Å². The van der Waals surface area contributed by atoms with Gasteiger partial charge in [0.2, 0.25) is 0 Å². The van der Waals surface area contributed by atoms with Gasteiger partial charge in [-0.05, 0) is 0 Å². The van der Waals surface area contributed by atoms with Crippen LogP contribution in [-0.4, -0.2) is 21.1 Å². The SMILES string of the molecule is F.F.F.F.[CH3][Sn][CH3]. The molecule has 0 fully saturated rings. The van der Waals surface area contributed by atoms with Crippen molar-refractivity contribution in [2.24, 2.45) is 0 Å². The van der Waals surface area contributed by atoms with E-state index in [1.54, 1.807) is 0 Å². The van der Waals surface area contributed by atoms with Gasteiger partial charge in [0.25, 0.3) is 0 Å². The van der Waals surface area contributed by atoms with Crippen LogP contribution < -0.4 is 0 Å². The first-order chi connectivity index (χ1) is 1.41. The van der Waals surface area contributed by atoms with Gasteiger partial charge in [-0.1, -0.05) is 0 Å². The molecule has 0 aromatic rings. The molecule has 0 nitrogen and oxygen atoms in total. The molecule has 0 spiro atoms. The Morgan fingerprint density at radius 3 is 0.714 bits per heavy atom. The van der Waals surface area contributed by atoms with E-state index in [-0.39, 0.29) is 40.0 Å². The molecule has 0 aliphatic rings. The quantitative estimate of drug-likeness (QED) is 0.435. The van der Waals surface area contributed by atoms with Crippen LogP contribution in [0.15, 0.2) is 0 Å². The average molecular weight is 229 g/mol. The Hall–Kier alpha value is 0.519. The fourth-order valence-electron chi connectivity index (χ4n) is 0. The van der Waals surface area contributed by atoms with E-state index in [9.17, 15) is 0 Å². The molecule has 50 valence electrons. The Balaban J connectivity index is -0.00000000333. The van der Waals surface area contributed by atoms with Crippen molar-refractivity contribution < 1.29 is 18.8 Å². The van der Waals surface area contributed by atoms with Crippen LogP contribution in [0.5, 0.6) is 0 Å². The molecule has 0 aliphatic carbocycles. The number of hydrogen-bond acceptors (Lipinski definition) is 0. The first-order valence-corrected chi connectivity index (χ1v) is 6.71. The van der Waals surface area contributed by atoms with Gasteiger partial charge in [-0.25, -0.2) is 0 Å². The molecule has 0 rings (SSSR count). The average Bonchev–Trinajstić information content (AvgIpc) is 0.918. The minimum atomic E-state index is 0. The van der Waals surface area contributed by atoms with E-state index >= 15 is 0 Å². The van der Waals surface area contributed by atoms with Crippen LogP contribution >= 0.6 is 0 Å². The first-order valence-electron chi connectivity index (χ1n) is 1.00. The maximum absolute atomic E-state index is 2.30. The van der Waals surface area contributed by atoms with Gasteiger partial charge in [-0.15, -0.1) is 0 Å². The second kappa shape index (κ2) is 86.1. The zero-order valence-electron chi connectivity index (χ0n) is 4.13. The Labute approximate surface area is 50.4 Å². The Bertz CT molecular complexity index is 9.65. The van der Waals surface area contributed by atoms with Crippen LogP contribution in [0, 0.1) is 0 Å². The number of rotatable bonds is 0. The molecule has 5 heteroatoms. The Kier molecular flexibility index (Phi) is 619. The minimum absolute atomic E-state index is 0. The molecule has 7 heavy (non-hydrogen) atoms. The van der Waals surface area contributed by atoms with E-state index in [1.165, 1.54) is 0 Å². The van der Waals surface area contributed by atoms with E-state index in [0.717, 1.165) is 0 Å². The monoisotopic (exact) mass is 230 g/mol. The molecule has 0 aliphatic heterocycles. The second-order valence-electron chi connectivity index (χ2n) is 0.500. The van der Waals surface area contributed by atoms with Gasteiger partial charge >= 0.3 is 31.0 Å². The fourth-order valence-corrected chi connectivity index (χ4v) is 0. The molecule has 0 amide bonds. The zero-order valence-corrected chi connectivity index (χ0v) is 6.99. The van der Waals surface area contributed by atoms with Gasteiger partial charge < -0.3 is 0 Å². The predicted molar refractivity (Wildman–Crippen MR) is 27.5 cm³/mol. The van der Waals surface area contributed by atoms with Crippen LogP contribution in [0.3, 0.4) is 0 Å². The van der Waals surface area contributed by atoms with Gasteiger partial charge in [-0.3, -0.25) is 18.8 Å². The number of hydrogen-bond donors (Lipinski definition) is 0. The van der Waals surface area contributed by atoms with Crippen LogP contribution in [-0.2, 0) is 0 Å². The summed E-state index contributed by atoms with van der Waals surface area (Å²) < 4.78 is 0. The summed E-state index contributed by atoms with van der Waals surface area (Å²) in [6.45, 7) is 0. The van der Waals surface area contributed by atoms with Crippen molar-refractivity contribution in [1.29, 1.82) is 0 Å². The Morgan fingerprint density at radius 1 is 0.714 bits per heavy atom. The van der Waals surface area contributed by atoms with Crippen molar-refractivity contribution in [2.45, 2.75) is 9.88 Å². The van der Waals surface area contributed by atoms with E-state index in [0.29, 0.717) is 0 Å². The molecular weight excluding hydrogens is 219 g/mol. The third-order valence-corrected chi connectivity index (χ3v) is 0. The van der Waals surface area contributed by atoms with Gasteiger partial charge in [0.05, 0.1) is 0 Å². The second-order valence-corrected chi connectivity index (χ2v) is 3.35. The molecule has 0 unspecified atom stereocenters. The van der Waals surface area contributed by atoms with E-state index in [2.05, 4.69) is 9.88 Å². The standard InChI is InChI=1S/2CH3.4FH.Sn/h2*1H3;4*1H;. The summed E-state index contributed by atoms with van der Waals surface area (Å²) >= 11 is 0.230. The molecular formula is C2H10F4Sn. The topological polar surface area (TPSA) is 0 Å². The number of halogens is 4. The molecule has 2 radical (unpaired) electrons. The molecule has 0 N–H and O–H groups in total. The summed E-state index contributed by atoms with van der Waals surface area (Å²) in [5.41, 5.74) is 0. The van der Waals surface area contributed by atoms with Crippen molar-refractivity contribution in [3.63, 3.8) is 0 Å². The van der Waals surface area contributed by atoms with Gasteiger partial charge in [-0.2, -0.15) is 0 Å². The summed E-state index contributed by atoms with van der Waals surface area (Å²) in [6.07, 6.45) is 0. The van der Waals surface area contributed by atoms with E-state index in [1.807, 2.05) is 0 Å². The van der Waals surface area contributed by atoms with Crippen LogP contribution in [0.4, 0.5) is 18.8 Å². The van der Waals surface area contributed by atoms with Crippen LogP contribution in [0.2, 0.25) is 9.88 Å². The first kappa shape index (κ1) is 50.4. The fraction of sp³-hybridized carbons (Fsp3) is 1.00. The van der Waals surface area contributed by atoms with E-state index < -0.39 is 0 Å². The summed E-state index contributed by atoms with van der Waals surface area (Å²) in [5.74, 6) is 0. The van der Waals surface area contributed by atoms with Gasteiger partial charge in [0.15, 0.2) is 0 Å². The van der Waals surface area contributed by atoms with Gasteiger partial charge in [0.1, 0.15) is 0 Å². The molecule has 0 saturated heterocycles. The van der Waals surface area contributed by atoms with Crippen molar-refractivity contribution in [3.05, 3.63) is 0 Å². The van der Waals surface area contributed by atoms with Crippen molar-refractivity contribution in [2.75, 3.05) is 0 Å². The van der Waals surface area contributed by atoms with Crippen LogP contribution in [0.25, 0.3) is 0 Å². The molecule has 0 bridgehead atoms. The zero-order chi connectivity index (χ0) is 2.71. The normalized spacial score (nSPS) is 2.57. The molecule has 0 aromatic heterocycles. The summed E-state index contributed by atoms with van der Waals surface area (Å²) in [5, 5.41) is 0. The predicted octanol–water partition coefficient (Wildman–Crippen LogP) is 1.40. The third kappa shape index (κ3) is 495. The molecule has 0 atom stereocenters.